The Bertz CT molecular complexity index is 171. The minimum atomic E-state index is 0. The fourth-order valence-electron chi connectivity index (χ4n) is 2.43. The molecule has 0 aliphatic carbocycles. The number of nitrogens with zero attached hydrogens (tertiary/aromatic N) is 1. The first kappa shape index (κ1) is 29.5. The van der Waals surface area contributed by atoms with E-state index in [1.165, 1.54) is 83.6 Å². The minimum Gasteiger partial charge on any atom is -1.00 e. The predicted molar refractivity (Wildman–Crippen MR) is 90.0 cm³/mol. The largest absolute Gasteiger partial charge is 1.00 e. The maximum absolute atomic E-state index is 2.29. The molecule has 0 aliphatic heterocycles. The molecule has 0 amide bonds. The van der Waals surface area contributed by atoms with Crippen LogP contribution in [0, 0.1) is 0 Å². The summed E-state index contributed by atoms with van der Waals surface area (Å²) in [4.78, 5) is 0. The molecular formula is C17H42Cl2N2. The van der Waals surface area contributed by atoms with Crippen LogP contribution in [-0.2, 0) is 0 Å². The lowest BCUT2D eigenvalue weighted by Gasteiger charge is -2.23. The molecular weight excluding hydrogens is 303 g/mol. The zero-order valence-electron chi connectivity index (χ0n) is 15.4. The fourth-order valence-corrected chi connectivity index (χ4v) is 2.43. The van der Waals surface area contributed by atoms with E-state index in [0.717, 1.165) is 4.48 Å². The topological polar surface area (TPSA) is 36.5 Å². The molecule has 4 heteroatoms. The molecule has 0 atom stereocenters. The number of hydrogen-bond acceptors (Lipinski definition) is 0. The van der Waals surface area contributed by atoms with Crippen LogP contribution >= 0.6 is 0 Å². The third kappa shape index (κ3) is 29.2. The van der Waals surface area contributed by atoms with Gasteiger partial charge in [-0.25, -0.2) is 0 Å². The Morgan fingerprint density at radius 1 is 0.524 bits per heavy atom. The Balaban J connectivity index is -0.000000482. The second kappa shape index (κ2) is 20.5. The van der Waals surface area contributed by atoms with Crippen molar-refractivity contribution in [1.29, 1.82) is 0 Å². The molecule has 0 unspecified atom stereocenters. The summed E-state index contributed by atoms with van der Waals surface area (Å²) in [5.74, 6) is 0. The van der Waals surface area contributed by atoms with E-state index in [2.05, 4.69) is 28.1 Å². The van der Waals surface area contributed by atoms with E-state index in [1.54, 1.807) is 0 Å². The van der Waals surface area contributed by atoms with E-state index in [1.807, 2.05) is 0 Å². The molecule has 0 heterocycles. The summed E-state index contributed by atoms with van der Waals surface area (Å²) >= 11 is 0. The number of rotatable bonds is 13. The van der Waals surface area contributed by atoms with E-state index in [4.69, 9.17) is 0 Å². The average Bonchev–Trinajstić information content (AvgIpc) is 2.29. The SMILES string of the molecule is CCCCCCCCCCCCCC[N+](C)(C)C.[Cl-].[Cl-].[NH4+]. The Morgan fingerprint density at radius 3 is 1.10 bits per heavy atom. The van der Waals surface area contributed by atoms with Crippen LogP contribution in [0.2, 0.25) is 0 Å². The highest BCUT2D eigenvalue weighted by molar-refractivity contribution is 4.48. The summed E-state index contributed by atoms with van der Waals surface area (Å²) < 4.78 is 1.12. The van der Waals surface area contributed by atoms with Crippen LogP contribution in [0.5, 0.6) is 0 Å². The van der Waals surface area contributed by atoms with Crippen molar-refractivity contribution in [3.8, 4) is 0 Å². The maximum atomic E-state index is 2.29. The molecule has 0 bridgehead atoms. The summed E-state index contributed by atoms with van der Waals surface area (Å²) in [5.41, 5.74) is 0. The summed E-state index contributed by atoms with van der Waals surface area (Å²) in [5, 5.41) is 0. The lowest BCUT2D eigenvalue weighted by Crippen LogP contribution is -3.00. The van der Waals surface area contributed by atoms with Crippen molar-refractivity contribution in [3.05, 3.63) is 0 Å². The Labute approximate surface area is 147 Å². The lowest BCUT2D eigenvalue weighted by atomic mass is 10.1. The van der Waals surface area contributed by atoms with Gasteiger partial charge in [-0.1, -0.05) is 71.1 Å². The monoisotopic (exact) mass is 344 g/mol. The molecule has 0 aromatic heterocycles. The Morgan fingerprint density at radius 2 is 0.810 bits per heavy atom. The summed E-state index contributed by atoms with van der Waals surface area (Å²) in [6, 6.07) is 0. The van der Waals surface area contributed by atoms with Gasteiger partial charge in [0.1, 0.15) is 0 Å². The van der Waals surface area contributed by atoms with Crippen molar-refractivity contribution >= 4 is 0 Å². The normalized spacial score (nSPS) is 10.3. The van der Waals surface area contributed by atoms with Crippen molar-refractivity contribution in [3.63, 3.8) is 0 Å². The van der Waals surface area contributed by atoms with Gasteiger partial charge in [0.15, 0.2) is 0 Å². The number of quaternary nitrogens is 2. The van der Waals surface area contributed by atoms with Crippen LogP contribution in [0.1, 0.15) is 84.0 Å². The molecule has 0 fully saturated rings. The molecule has 0 saturated heterocycles. The second-order valence-electron chi connectivity index (χ2n) is 6.90. The third-order valence-corrected chi connectivity index (χ3v) is 3.68. The van der Waals surface area contributed by atoms with Crippen molar-refractivity contribution in [2.75, 3.05) is 27.7 Å². The van der Waals surface area contributed by atoms with Crippen LogP contribution in [0.25, 0.3) is 0 Å². The van der Waals surface area contributed by atoms with Crippen LogP contribution in [-0.4, -0.2) is 32.2 Å². The molecule has 0 aliphatic rings. The number of unbranched alkanes of at least 4 members (excludes halogenated alkanes) is 11. The molecule has 0 saturated carbocycles. The highest BCUT2D eigenvalue weighted by Gasteiger charge is 2.04. The molecule has 0 radical (unpaired) electrons. The van der Waals surface area contributed by atoms with Gasteiger partial charge in [-0.2, -0.15) is 0 Å². The molecule has 134 valence electrons. The standard InChI is InChI=1S/C17H38N.2ClH.H3N/c1-5-6-7-8-9-10-11-12-13-14-15-16-17-18(2,3)4;;;/h5-17H2,1-4H3;2*1H;1H3/q+1;;;/p-1. The third-order valence-electron chi connectivity index (χ3n) is 3.68. The fraction of sp³-hybridized carbons (Fsp3) is 1.00. The van der Waals surface area contributed by atoms with Crippen molar-refractivity contribution in [2.45, 2.75) is 84.0 Å². The van der Waals surface area contributed by atoms with Gasteiger partial charge in [0, 0.05) is 0 Å². The molecule has 0 spiro atoms. The van der Waals surface area contributed by atoms with Crippen LogP contribution in [0.3, 0.4) is 0 Å². The maximum Gasteiger partial charge on any atom is 0.0780 e. The first-order chi connectivity index (χ1) is 8.56. The van der Waals surface area contributed by atoms with Crippen LogP contribution in [0.15, 0.2) is 0 Å². The summed E-state index contributed by atoms with van der Waals surface area (Å²) in [6.07, 6.45) is 17.4. The van der Waals surface area contributed by atoms with Gasteiger partial charge in [0.25, 0.3) is 0 Å². The molecule has 4 N–H and O–H groups in total. The summed E-state index contributed by atoms with van der Waals surface area (Å²) in [6.45, 7) is 3.62. The summed E-state index contributed by atoms with van der Waals surface area (Å²) in [7, 11) is 6.87. The van der Waals surface area contributed by atoms with Gasteiger partial charge in [-0.15, -0.1) is 0 Å². The molecule has 2 nitrogen and oxygen atoms in total. The van der Waals surface area contributed by atoms with Crippen molar-refractivity contribution in [1.82, 2.24) is 6.15 Å². The first-order valence-electron chi connectivity index (χ1n) is 8.36. The van der Waals surface area contributed by atoms with Crippen molar-refractivity contribution in [2.24, 2.45) is 0 Å². The average molecular weight is 345 g/mol. The van der Waals surface area contributed by atoms with E-state index in [0.29, 0.717) is 0 Å². The van der Waals surface area contributed by atoms with Gasteiger partial charge >= 0.3 is 0 Å². The quantitative estimate of drug-likeness (QED) is 0.354. The minimum absolute atomic E-state index is 0. The predicted octanol–water partition coefficient (Wildman–Crippen LogP) is -0.222. The highest BCUT2D eigenvalue weighted by Crippen LogP contribution is 2.12. The first-order valence-corrected chi connectivity index (χ1v) is 8.36. The van der Waals surface area contributed by atoms with Gasteiger partial charge in [0.2, 0.25) is 0 Å². The Kier molecular flexibility index (Phi) is 28.8. The second-order valence-corrected chi connectivity index (χ2v) is 6.90. The molecule has 0 rings (SSSR count). The van der Waals surface area contributed by atoms with Gasteiger partial charge in [-0.05, 0) is 12.8 Å². The van der Waals surface area contributed by atoms with Gasteiger partial charge in [-0.3, -0.25) is 0 Å². The van der Waals surface area contributed by atoms with Crippen LogP contribution < -0.4 is 31.0 Å². The van der Waals surface area contributed by atoms with E-state index in [9.17, 15) is 0 Å². The number of hydrogen-bond donors (Lipinski definition) is 1. The van der Waals surface area contributed by atoms with Crippen LogP contribution in [0.4, 0.5) is 0 Å². The zero-order valence-corrected chi connectivity index (χ0v) is 16.9. The lowest BCUT2D eigenvalue weighted by molar-refractivity contribution is -0.870. The van der Waals surface area contributed by atoms with E-state index in [-0.39, 0.29) is 31.0 Å². The van der Waals surface area contributed by atoms with E-state index < -0.39 is 0 Å². The van der Waals surface area contributed by atoms with Gasteiger partial charge < -0.3 is 35.4 Å². The number of halogens is 2. The highest BCUT2D eigenvalue weighted by atomic mass is 35.5. The molecule has 21 heavy (non-hydrogen) atoms. The van der Waals surface area contributed by atoms with Crippen molar-refractivity contribution < 1.29 is 29.3 Å². The molecule has 0 aromatic rings. The molecule has 0 aromatic carbocycles. The van der Waals surface area contributed by atoms with Gasteiger partial charge in [0.05, 0.1) is 27.7 Å². The zero-order chi connectivity index (χ0) is 13.7. The van der Waals surface area contributed by atoms with E-state index >= 15 is 0 Å². The Hall–Kier alpha value is 0.500. The smallest absolute Gasteiger partial charge is 0.0780 e.